The van der Waals surface area contributed by atoms with Crippen molar-refractivity contribution in [1.82, 2.24) is 19.7 Å². The van der Waals surface area contributed by atoms with Crippen LogP contribution in [0.15, 0.2) is 60.8 Å². The van der Waals surface area contributed by atoms with E-state index in [1.807, 2.05) is 48.7 Å². The highest BCUT2D eigenvalue weighted by Gasteiger charge is 2.12. The van der Waals surface area contributed by atoms with Crippen LogP contribution < -0.4 is 5.73 Å². The van der Waals surface area contributed by atoms with Crippen molar-refractivity contribution in [3.63, 3.8) is 0 Å². The summed E-state index contributed by atoms with van der Waals surface area (Å²) < 4.78 is 1.79. The van der Waals surface area contributed by atoms with E-state index in [1.54, 1.807) is 17.7 Å². The lowest BCUT2D eigenvalue weighted by atomic mass is 10.1. The molecule has 0 saturated carbocycles. The maximum absolute atomic E-state index is 9.85. The normalized spacial score (nSPS) is 13.5. The average molecular weight is 387 g/mol. The Morgan fingerprint density at radius 1 is 1.03 bits per heavy atom. The number of aliphatic hydroxyl groups is 1. The van der Waals surface area contributed by atoms with E-state index < -0.39 is 6.10 Å². The monoisotopic (exact) mass is 387 g/mol. The van der Waals surface area contributed by atoms with Gasteiger partial charge >= 0.3 is 0 Å². The van der Waals surface area contributed by atoms with Crippen LogP contribution in [0.4, 0.5) is 0 Å². The van der Waals surface area contributed by atoms with Gasteiger partial charge in [-0.25, -0.2) is 9.67 Å². The van der Waals surface area contributed by atoms with Crippen molar-refractivity contribution in [1.29, 1.82) is 0 Å². The lowest BCUT2D eigenvalue weighted by Crippen LogP contribution is -2.11. The first-order valence-electron chi connectivity index (χ1n) is 9.93. The fraction of sp³-hybridized carbons (Fsp3) is 0.261. The SMILES string of the molecule is CCCC(N)c1cccc(-c2ccc3cnn(-c4cccc(C(C)O)n4)c3c2)n1. The van der Waals surface area contributed by atoms with Gasteiger partial charge in [-0.15, -0.1) is 0 Å². The number of hydrogen-bond donors (Lipinski definition) is 2. The van der Waals surface area contributed by atoms with Crippen molar-refractivity contribution in [2.24, 2.45) is 5.73 Å². The second-order valence-corrected chi connectivity index (χ2v) is 7.27. The van der Waals surface area contributed by atoms with Crippen LogP contribution in [0.25, 0.3) is 28.0 Å². The second-order valence-electron chi connectivity index (χ2n) is 7.27. The van der Waals surface area contributed by atoms with Crippen molar-refractivity contribution in [2.75, 3.05) is 0 Å². The molecule has 0 aliphatic carbocycles. The summed E-state index contributed by atoms with van der Waals surface area (Å²) in [6.07, 6.45) is 3.12. The molecule has 0 saturated heterocycles. The summed E-state index contributed by atoms with van der Waals surface area (Å²) in [5.74, 6) is 0.669. The Morgan fingerprint density at radius 3 is 2.62 bits per heavy atom. The fourth-order valence-electron chi connectivity index (χ4n) is 3.43. The third-order valence-corrected chi connectivity index (χ3v) is 5.02. The van der Waals surface area contributed by atoms with E-state index in [0.717, 1.165) is 40.7 Å². The van der Waals surface area contributed by atoms with Crippen molar-refractivity contribution in [3.05, 3.63) is 72.2 Å². The van der Waals surface area contributed by atoms with E-state index in [1.165, 1.54) is 0 Å². The largest absolute Gasteiger partial charge is 0.387 e. The number of pyridine rings is 2. The van der Waals surface area contributed by atoms with Crippen molar-refractivity contribution in [2.45, 2.75) is 38.8 Å². The van der Waals surface area contributed by atoms with E-state index in [4.69, 9.17) is 10.7 Å². The van der Waals surface area contributed by atoms with Crippen LogP contribution in [0.5, 0.6) is 0 Å². The van der Waals surface area contributed by atoms with Crippen LogP contribution in [0.3, 0.4) is 0 Å². The molecule has 3 heterocycles. The Labute approximate surface area is 170 Å². The van der Waals surface area contributed by atoms with Crippen molar-refractivity contribution < 1.29 is 5.11 Å². The van der Waals surface area contributed by atoms with E-state index in [-0.39, 0.29) is 6.04 Å². The zero-order chi connectivity index (χ0) is 20.4. The van der Waals surface area contributed by atoms with Crippen LogP contribution in [-0.4, -0.2) is 24.9 Å². The van der Waals surface area contributed by atoms with Crippen LogP contribution in [-0.2, 0) is 0 Å². The minimum atomic E-state index is -0.633. The summed E-state index contributed by atoms with van der Waals surface area (Å²) in [5, 5.41) is 15.4. The highest BCUT2D eigenvalue weighted by Crippen LogP contribution is 2.26. The predicted octanol–water partition coefficient (Wildman–Crippen LogP) is 4.34. The smallest absolute Gasteiger partial charge is 0.154 e. The van der Waals surface area contributed by atoms with Gasteiger partial charge in [-0.3, -0.25) is 4.98 Å². The highest BCUT2D eigenvalue weighted by molar-refractivity contribution is 5.84. The van der Waals surface area contributed by atoms with Gasteiger partial charge < -0.3 is 10.8 Å². The molecule has 0 spiro atoms. The van der Waals surface area contributed by atoms with Crippen LogP contribution in [0.2, 0.25) is 0 Å². The fourth-order valence-corrected chi connectivity index (χ4v) is 3.43. The van der Waals surface area contributed by atoms with Gasteiger partial charge in [-0.1, -0.05) is 37.6 Å². The topological polar surface area (TPSA) is 89.8 Å². The van der Waals surface area contributed by atoms with Crippen LogP contribution in [0.1, 0.15) is 50.2 Å². The van der Waals surface area contributed by atoms with Crippen molar-refractivity contribution >= 4 is 10.9 Å². The van der Waals surface area contributed by atoms with Gasteiger partial charge in [0, 0.05) is 17.0 Å². The average Bonchev–Trinajstić information content (AvgIpc) is 3.17. The maximum Gasteiger partial charge on any atom is 0.154 e. The first-order chi connectivity index (χ1) is 14.1. The minimum Gasteiger partial charge on any atom is -0.387 e. The van der Waals surface area contributed by atoms with Gasteiger partial charge in [-0.2, -0.15) is 5.10 Å². The molecule has 3 N–H and O–H groups in total. The Balaban J connectivity index is 1.77. The molecule has 2 unspecified atom stereocenters. The minimum absolute atomic E-state index is 0.0541. The van der Waals surface area contributed by atoms with E-state index in [2.05, 4.69) is 23.1 Å². The zero-order valence-corrected chi connectivity index (χ0v) is 16.7. The van der Waals surface area contributed by atoms with E-state index in [0.29, 0.717) is 11.5 Å². The lowest BCUT2D eigenvalue weighted by molar-refractivity contribution is 0.194. The third-order valence-electron chi connectivity index (χ3n) is 5.02. The number of aliphatic hydroxyl groups excluding tert-OH is 1. The summed E-state index contributed by atoms with van der Waals surface area (Å²) in [5.41, 5.74) is 10.6. The van der Waals surface area contributed by atoms with Crippen molar-refractivity contribution in [3.8, 4) is 17.1 Å². The molecule has 0 aliphatic heterocycles. The Kier molecular flexibility index (Phi) is 5.38. The summed E-state index contributed by atoms with van der Waals surface area (Å²) in [6.45, 7) is 3.83. The number of nitrogens with two attached hydrogens (primary N) is 1. The summed E-state index contributed by atoms with van der Waals surface area (Å²) in [7, 11) is 0. The molecule has 2 atom stereocenters. The summed E-state index contributed by atoms with van der Waals surface area (Å²) in [4.78, 5) is 9.33. The third kappa shape index (κ3) is 3.90. The first kappa shape index (κ1) is 19.2. The number of hydrogen-bond acceptors (Lipinski definition) is 5. The van der Waals surface area contributed by atoms with Crippen LogP contribution in [0, 0.1) is 0 Å². The first-order valence-corrected chi connectivity index (χ1v) is 9.93. The molecule has 0 aliphatic rings. The maximum atomic E-state index is 9.85. The number of fused-ring (bicyclic) bond motifs is 1. The summed E-state index contributed by atoms with van der Waals surface area (Å²) >= 11 is 0. The van der Waals surface area contributed by atoms with Gasteiger partial charge in [0.05, 0.1) is 34.9 Å². The standard InChI is InChI=1S/C23H25N5O/c1-3-6-18(24)21-9-4-8-20(26-21)16-11-12-17-14-25-28(22(17)13-16)23-10-5-7-19(27-23)15(2)29/h4-5,7-15,18,29H,3,6,24H2,1-2H3. The molecule has 4 aromatic rings. The van der Waals surface area contributed by atoms with Gasteiger partial charge in [0.15, 0.2) is 5.82 Å². The molecular formula is C23H25N5O. The number of rotatable bonds is 6. The quantitative estimate of drug-likeness (QED) is 0.514. The molecular weight excluding hydrogens is 362 g/mol. The molecule has 0 fully saturated rings. The molecule has 0 radical (unpaired) electrons. The van der Waals surface area contributed by atoms with Gasteiger partial charge in [-0.05, 0) is 43.7 Å². The Hall–Kier alpha value is -3.09. The molecule has 1 aromatic carbocycles. The lowest BCUT2D eigenvalue weighted by Gasteiger charge is -2.11. The molecule has 4 rings (SSSR count). The van der Waals surface area contributed by atoms with E-state index in [9.17, 15) is 5.11 Å². The Morgan fingerprint density at radius 2 is 1.83 bits per heavy atom. The summed E-state index contributed by atoms with van der Waals surface area (Å²) in [6, 6.07) is 17.6. The van der Waals surface area contributed by atoms with Gasteiger partial charge in [0.1, 0.15) is 0 Å². The second kappa shape index (κ2) is 8.11. The highest BCUT2D eigenvalue weighted by atomic mass is 16.3. The Bertz CT molecular complexity index is 1140. The molecule has 3 aromatic heterocycles. The number of aromatic nitrogens is 4. The number of nitrogens with zero attached hydrogens (tertiary/aromatic N) is 4. The van der Waals surface area contributed by atoms with E-state index >= 15 is 0 Å². The molecule has 0 bridgehead atoms. The zero-order valence-electron chi connectivity index (χ0n) is 16.7. The molecule has 6 heteroatoms. The van der Waals surface area contributed by atoms with Gasteiger partial charge in [0.25, 0.3) is 0 Å². The molecule has 6 nitrogen and oxygen atoms in total. The number of benzene rings is 1. The molecule has 29 heavy (non-hydrogen) atoms. The molecule has 0 amide bonds. The van der Waals surface area contributed by atoms with Crippen LogP contribution >= 0.6 is 0 Å². The molecule has 148 valence electrons. The predicted molar refractivity (Wildman–Crippen MR) is 115 cm³/mol. The van der Waals surface area contributed by atoms with Gasteiger partial charge in [0.2, 0.25) is 0 Å².